The van der Waals surface area contributed by atoms with Crippen molar-refractivity contribution in [2.45, 2.75) is 12.7 Å². The van der Waals surface area contributed by atoms with Crippen LogP contribution in [-0.2, 0) is 16.1 Å². The van der Waals surface area contributed by atoms with Gasteiger partial charge in [-0.2, -0.15) is 0 Å². The summed E-state index contributed by atoms with van der Waals surface area (Å²) in [6.45, 7) is -0.120. The number of carbonyl (C=O) groups is 2. The highest BCUT2D eigenvalue weighted by Crippen LogP contribution is 2.23. The molecule has 148 valence electrons. The lowest BCUT2D eigenvalue weighted by Crippen LogP contribution is -2.26. The number of hydrogen-bond acceptors (Lipinski definition) is 5. The van der Waals surface area contributed by atoms with Gasteiger partial charge in [0.15, 0.2) is 0 Å². The first-order valence-corrected chi connectivity index (χ1v) is 9.01. The van der Waals surface area contributed by atoms with Gasteiger partial charge in [-0.15, -0.1) is 0 Å². The van der Waals surface area contributed by atoms with Crippen LogP contribution in [0, 0.1) is 0 Å². The van der Waals surface area contributed by atoms with E-state index in [1.807, 2.05) is 6.07 Å². The number of ether oxygens (including phenoxy) is 2. The van der Waals surface area contributed by atoms with Gasteiger partial charge >= 0.3 is 5.97 Å². The quantitative estimate of drug-likeness (QED) is 0.600. The van der Waals surface area contributed by atoms with Crippen molar-refractivity contribution in [2.24, 2.45) is 0 Å². The monoisotopic (exact) mass is 391 g/mol. The molecule has 6 heteroatoms. The van der Waals surface area contributed by atoms with Crippen molar-refractivity contribution in [3.63, 3.8) is 0 Å². The number of esters is 1. The predicted octanol–water partition coefficient (Wildman–Crippen LogP) is 3.72. The van der Waals surface area contributed by atoms with E-state index in [0.717, 1.165) is 0 Å². The molecule has 0 saturated heterocycles. The van der Waals surface area contributed by atoms with Crippen LogP contribution in [0.25, 0.3) is 0 Å². The van der Waals surface area contributed by atoms with Crippen molar-refractivity contribution in [3.05, 3.63) is 95.6 Å². The summed E-state index contributed by atoms with van der Waals surface area (Å²) >= 11 is 0. The van der Waals surface area contributed by atoms with Crippen molar-refractivity contribution >= 4 is 17.6 Å². The average Bonchev–Trinajstić information content (AvgIpc) is 2.78. The number of nitrogens with one attached hydrogen (secondary N) is 1. The Morgan fingerprint density at radius 2 is 1.69 bits per heavy atom. The maximum absolute atomic E-state index is 12.9. The lowest BCUT2D eigenvalue weighted by molar-refractivity contribution is -0.125. The van der Waals surface area contributed by atoms with Gasteiger partial charge in [0.1, 0.15) is 5.75 Å². The molecule has 0 fully saturated rings. The lowest BCUT2D eigenvalue weighted by Gasteiger charge is -2.18. The molecule has 0 saturated carbocycles. The molecule has 0 heterocycles. The van der Waals surface area contributed by atoms with Gasteiger partial charge in [-0.1, -0.05) is 48.5 Å². The Labute approximate surface area is 168 Å². The Hall–Kier alpha value is -3.64. The number of aliphatic hydroxyl groups excluding tert-OH is 1. The van der Waals surface area contributed by atoms with Gasteiger partial charge in [-0.05, 0) is 29.8 Å². The third kappa shape index (κ3) is 5.21. The summed E-state index contributed by atoms with van der Waals surface area (Å²) in [6.07, 6.45) is -1.13. The molecule has 0 aliphatic heterocycles. The van der Waals surface area contributed by atoms with Gasteiger partial charge in [-0.25, -0.2) is 4.79 Å². The number of benzene rings is 3. The molecule has 3 rings (SSSR count). The molecule has 0 aromatic heterocycles. The van der Waals surface area contributed by atoms with E-state index in [9.17, 15) is 9.59 Å². The molecule has 0 aliphatic carbocycles. The minimum atomic E-state index is -1.13. The Kier molecular flexibility index (Phi) is 6.60. The highest BCUT2D eigenvalue weighted by atomic mass is 16.5. The van der Waals surface area contributed by atoms with E-state index in [-0.39, 0.29) is 12.2 Å². The molecule has 0 spiro atoms. The predicted molar refractivity (Wildman–Crippen MR) is 109 cm³/mol. The van der Waals surface area contributed by atoms with Crippen molar-refractivity contribution in [3.8, 4) is 5.75 Å². The van der Waals surface area contributed by atoms with Crippen molar-refractivity contribution < 1.29 is 24.2 Å². The topological polar surface area (TPSA) is 84.9 Å². The first-order chi connectivity index (χ1) is 14.1. The Morgan fingerprint density at radius 1 is 0.966 bits per heavy atom. The van der Waals surface area contributed by atoms with Crippen LogP contribution in [0.5, 0.6) is 5.75 Å². The molecule has 0 aliphatic rings. The summed E-state index contributed by atoms with van der Waals surface area (Å²) in [5.41, 5.74) is 2.04. The standard InChI is InChI=1S/C23H21NO5/c1-28-20-9-5-8-19(14-20)24-22(26)21(17-6-3-2-4-7-17)29-23(27)18-12-10-16(15-25)11-13-18/h2-14,21,25H,15H2,1H3,(H,24,26)/t21-/m1/s1. The molecular weight excluding hydrogens is 370 g/mol. The SMILES string of the molecule is COc1cccc(NC(=O)[C@H](OC(=O)c2ccc(CO)cc2)c2ccccc2)c1. The fourth-order valence-corrected chi connectivity index (χ4v) is 2.73. The molecule has 6 nitrogen and oxygen atoms in total. The van der Waals surface area contributed by atoms with Crippen LogP contribution in [0.2, 0.25) is 0 Å². The number of methoxy groups -OCH3 is 1. The van der Waals surface area contributed by atoms with Crippen molar-refractivity contribution in [2.75, 3.05) is 12.4 Å². The minimum absolute atomic E-state index is 0.120. The van der Waals surface area contributed by atoms with E-state index < -0.39 is 18.0 Å². The lowest BCUT2D eigenvalue weighted by atomic mass is 10.1. The average molecular weight is 391 g/mol. The van der Waals surface area contributed by atoms with Crippen LogP contribution in [0.3, 0.4) is 0 Å². The maximum atomic E-state index is 12.9. The van der Waals surface area contributed by atoms with Gasteiger partial charge < -0.3 is 19.9 Å². The number of amides is 1. The van der Waals surface area contributed by atoms with E-state index in [2.05, 4.69) is 5.32 Å². The number of aliphatic hydroxyl groups is 1. The van der Waals surface area contributed by atoms with Gasteiger partial charge in [-0.3, -0.25) is 4.79 Å². The number of carbonyl (C=O) groups excluding carboxylic acids is 2. The van der Waals surface area contributed by atoms with Crippen LogP contribution in [0.1, 0.15) is 27.6 Å². The van der Waals surface area contributed by atoms with Crippen LogP contribution < -0.4 is 10.1 Å². The molecule has 29 heavy (non-hydrogen) atoms. The Morgan fingerprint density at radius 3 is 2.34 bits per heavy atom. The van der Waals surface area contributed by atoms with E-state index in [1.54, 1.807) is 72.8 Å². The zero-order valence-corrected chi connectivity index (χ0v) is 15.9. The zero-order valence-electron chi connectivity index (χ0n) is 15.9. The summed E-state index contributed by atoms with van der Waals surface area (Å²) in [7, 11) is 1.54. The fourth-order valence-electron chi connectivity index (χ4n) is 2.73. The summed E-state index contributed by atoms with van der Waals surface area (Å²) < 4.78 is 10.7. The largest absolute Gasteiger partial charge is 0.497 e. The third-order valence-electron chi connectivity index (χ3n) is 4.27. The number of anilines is 1. The summed E-state index contributed by atoms with van der Waals surface area (Å²) in [5, 5.41) is 11.9. The second-order valence-corrected chi connectivity index (χ2v) is 6.27. The van der Waals surface area contributed by atoms with E-state index in [4.69, 9.17) is 14.6 Å². The first kappa shape index (κ1) is 20.1. The van der Waals surface area contributed by atoms with Crippen LogP contribution in [0.15, 0.2) is 78.9 Å². The van der Waals surface area contributed by atoms with Crippen LogP contribution >= 0.6 is 0 Å². The van der Waals surface area contributed by atoms with E-state index in [0.29, 0.717) is 22.6 Å². The minimum Gasteiger partial charge on any atom is -0.497 e. The Bertz CT molecular complexity index is 970. The molecule has 0 unspecified atom stereocenters. The molecule has 1 amide bonds. The van der Waals surface area contributed by atoms with Gasteiger partial charge in [0.05, 0.1) is 19.3 Å². The number of hydrogen-bond donors (Lipinski definition) is 2. The van der Waals surface area contributed by atoms with Crippen molar-refractivity contribution in [1.29, 1.82) is 0 Å². The smallest absolute Gasteiger partial charge is 0.339 e. The number of rotatable bonds is 7. The van der Waals surface area contributed by atoms with Gasteiger partial charge in [0.2, 0.25) is 6.10 Å². The summed E-state index contributed by atoms with van der Waals surface area (Å²) in [5.74, 6) is -0.519. The first-order valence-electron chi connectivity index (χ1n) is 9.01. The summed E-state index contributed by atoms with van der Waals surface area (Å²) in [6, 6.07) is 22.1. The molecule has 1 atom stereocenters. The highest BCUT2D eigenvalue weighted by molar-refractivity contribution is 5.98. The molecule has 3 aromatic carbocycles. The van der Waals surface area contributed by atoms with Gasteiger partial charge in [0.25, 0.3) is 5.91 Å². The normalized spacial score (nSPS) is 11.4. The zero-order chi connectivity index (χ0) is 20.6. The van der Waals surface area contributed by atoms with Crippen molar-refractivity contribution in [1.82, 2.24) is 0 Å². The molecular formula is C23H21NO5. The maximum Gasteiger partial charge on any atom is 0.339 e. The van der Waals surface area contributed by atoms with Gasteiger partial charge in [0, 0.05) is 17.3 Å². The molecule has 0 bridgehead atoms. The van der Waals surface area contributed by atoms with Crippen LogP contribution in [0.4, 0.5) is 5.69 Å². The molecule has 3 aromatic rings. The van der Waals surface area contributed by atoms with E-state index >= 15 is 0 Å². The molecule has 2 N–H and O–H groups in total. The van der Waals surface area contributed by atoms with E-state index in [1.165, 1.54) is 7.11 Å². The molecule has 0 radical (unpaired) electrons. The highest BCUT2D eigenvalue weighted by Gasteiger charge is 2.26. The van der Waals surface area contributed by atoms with Crippen LogP contribution in [-0.4, -0.2) is 24.1 Å². The Balaban J connectivity index is 1.82. The second-order valence-electron chi connectivity index (χ2n) is 6.27. The fraction of sp³-hybridized carbons (Fsp3) is 0.130. The summed E-state index contributed by atoms with van der Waals surface area (Å²) in [4.78, 5) is 25.5. The second kappa shape index (κ2) is 9.52. The third-order valence-corrected chi connectivity index (χ3v) is 4.27.